The first-order chi connectivity index (χ1) is 13.0. The molecule has 1 aromatic carbocycles. The molecule has 4 atom stereocenters. The second-order valence-corrected chi connectivity index (χ2v) is 7.43. The van der Waals surface area contributed by atoms with Gasteiger partial charge in [-0.3, -0.25) is 4.79 Å². The number of aliphatic hydroxyl groups is 1. The molecule has 2 N–H and O–H groups in total. The summed E-state index contributed by atoms with van der Waals surface area (Å²) >= 11 is 0. The summed E-state index contributed by atoms with van der Waals surface area (Å²) in [6.07, 6.45) is -4.55. The van der Waals surface area contributed by atoms with Gasteiger partial charge < -0.3 is 24.6 Å². The van der Waals surface area contributed by atoms with Crippen molar-refractivity contribution in [2.75, 3.05) is 13.2 Å². The molecule has 1 saturated heterocycles. The van der Waals surface area contributed by atoms with Crippen molar-refractivity contribution in [2.45, 2.75) is 52.1 Å². The number of benzene rings is 1. The highest BCUT2D eigenvalue weighted by Crippen LogP contribution is 2.34. The Morgan fingerprint density at radius 1 is 1.36 bits per heavy atom. The molecule has 0 aromatic heterocycles. The van der Waals surface area contributed by atoms with Gasteiger partial charge in [-0.25, -0.2) is 9.18 Å². The average Bonchev–Trinajstić information content (AvgIpc) is 2.62. The van der Waals surface area contributed by atoms with Gasteiger partial charge in [-0.1, -0.05) is 32.9 Å². The highest BCUT2D eigenvalue weighted by molar-refractivity contribution is 5.92. The molecule has 9 heteroatoms. The smallest absolute Gasteiger partial charge is 0.393 e. The fraction of sp³-hybridized carbons (Fsp3) is 0.579. The molecule has 0 radical (unpaired) electrons. The van der Waals surface area contributed by atoms with Gasteiger partial charge in [0.15, 0.2) is 12.3 Å². The number of nitrogens with one attached hydrogen (secondary N) is 1. The molecule has 156 valence electrons. The third kappa shape index (κ3) is 4.77. The molecule has 0 aliphatic carbocycles. The van der Waals surface area contributed by atoms with Crippen LogP contribution in [0.2, 0.25) is 0 Å². The Labute approximate surface area is 162 Å². The summed E-state index contributed by atoms with van der Waals surface area (Å²) in [5.41, 5.74) is -0.903. The Kier molecular flexibility index (Phi) is 6.61. The van der Waals surface area contributed by atoms with Gasteiger partial charge in [-0.2, -0.15) is 4.39 Å². The largest absolute Gasteiger partial charge is 0.462 e. The van der Waals surface area contributed by atoms with Crippen molar-refractivity contribution in [3.05, 3.63) is 29.8 Å². The Balaban J connectivity index is 2.16. The lowest BCUT2D eigenvalue weighted by atomic mass is 9.94. The zero-order valence-electron chi connectivity index (χ0n) is 16.2. The van der Waals surface area contributed by atoms with Crippen LogP contribution in [-0.4, -0.2) is 54.6 Å². The van der Waals surface area contributed by atoms with E-state index < -0.39 is 48.3 Å². The predicted octanol–water partition coefficient (Wildman–Crippen LogP) is 2.13. The Hall–Kier alpha value is -2.26. The molecule has 1 amide bonds. The van der Waals surface area contributed by atoms with E-state index in [1.807, 2.05) is 0 Å². The van der Waals surface area contributed by atoms with Gasteiger partial charge in [0.05, 0.1) is 19.3 Å². The lowest BCUT2D eigenvalue weighted by Crippen LogP contribution is -2.64. The summed E-state index contributed by atoms with van der Waals surface area (Å²) in [5.74, 6) is -1.51. The van der Waals surface area contributed by atoms with Crippen molar-refractivity contribution < 1.29 is 37.7 Å². The molecule has 1 aliphatic heterocycles. The predicted molar refractivity (Wildman–Crippen MR) is 95.1 cm³/mol. The third-order valence-corrected chi connectivity index (χ3v) is 4.13. The number of aliphatic hydroxyl groups excluding tert-OH is 1. The molecule has 1 fully saturated rings. The van der Waals surface area contributed by atoms with Crippen LogP contribution in [-0.2, 0) is 14.3 Å². The maximum Gasteiger partial charge on any atom is 0.393 e. The Morgan fingerprint density at radius 3 is 2.61 bits per heavy atom. The van der Waals surface area contributed by atoms with Crippen molar-refractivity contribution in [3.63, 3.8) is 0 Å². The fourth-order valence-corrected chi connectivity index (χ4v) is 2.47. The number of hydrogen-bond acceptors (Lipinski definition) is 6. The maximum absolute atomic E-state index is 15.1. The van der Waals surface area contributed by atoms with E-state index in [4.69, 9.17) is 14.2 Å². The minimum absolute atomic E-state index is 0.0920. The van der Waals surface area contributed by atoms with E-state index >= 15 is 4.39 Å². The van der Waals surface area contributed by atoms with E-state index in [2.05, 4.69) is 5.32 Å². The van der Waals surface area contributed by atoms with Gasteiger partial charge in [0.2, 0.25) is 5.91 Å². The van der Waals surface area contributed by atoms with Gasteiger partial charge in [-0.05, 0) is 19.1 Å². The molecule has 1 aromatic rings. The number of halogens is 2. The molecule has 1 heterocycles. The third-order valence-electron chi connectivity index (χ3n) is 4.13. The van der Waals surface area contributed by atoms with Gasteiger partial charge >= 0.3 is 12.0 Å². The Morgan fingerprint density at radius 2 is 2.00 bits per heavy atom. The van der Waals surface area contributed by atoms with Crippen LogP contribution in [0.25, 0.3) is 0 Å². The number of amides is 1. The lowest BCUT2D eigenvalue weighted by Gasteiger charge is -2.40. The van der Waals surface area contributed by atoms with E-state index in [1.165, 1.54) is 24.3 Å². The molecule has 28 heavy (non-hydrogen) atoms. The summed E-state index contributed by atoms with van der Waals surface area (Å²) in [4.78, 5) is 24.0. The molecule has 0 saturated carbocycles. The second kappa shape index (κ2) is 8.40. The van der Waals surface area contributed by atoms with Crippen LogP contribution in [0.15, 0.2) is 24.3 Å². The zero-order valence-corrected chi connectivity index (χ0v) is 16.2. The van der Waals surface area contributed by atoms with Crippen LogP contribution < -0.4 is 10.1 Å². The van der Waals surface area contributed by atoms with E-state index in [0.717, 1.165) is 0 Å². The quantitative estimate of drug-likeness (QED) is 0.734. The summed E-state index contributed by atoms with van der Waals surface area (Å²) < 4.78 is 44.5. The van der Waals surface area contributed by atoms with Crippen molar-refractivity contribution in [1.82, 2.24) is 5.32 Å². The molecule has 1 aliphatic rings. The van der Waals surface area contributed by atoms with E-state index in [1.54, 1.807) is 27.7 Å². The van der Waals surface area contributed by atoms with E-state index in [0.29, 0.717) is 0 Å². The van der Waals surface area contributed by atoms with Gasteiger partial charge in [0.25, 0.3) is 0 Å². The average molecular weight is 401 g/mol. The zero-order chi connectivity index (χ0) is 21.1. The number of carbonyl (C=O) groups excluding carboxylic acids is 2. The van der Waals surface area contributed by atoms with Crippen LogP contribution in [0.3, 0.4) is 0 Å². The summed E-state index contributed by atoms with van der Waals surface area (Å²) in [5, 5.41) is 12.5. The van der Waals surface area contributed by atoms with Crippen molar-refractivity contribution in [2.24, 2.45) is 5.41 Å². The molecular weight excluding hydrogens is 376 g/mol. The number of alkyl halides is 2. The molecule has 0 spiro atoms. The molecule has 2 rings (SSSR count). The number of esters is 1. The number of para-hydroxylation sites is 1. The molecule has 7 nitrogen and oxygen atoms in total. The number of rotatable bonds is 5. The highest BCUT2D eigenvalue weighted by Gasteiger charge is 2.55. The first kappa shape index (κ1) is 22.0. The second-order valence-electron chi connectivity index (χ2n) is 7.43. The minimum Gasteiger partial charge on any atom is -0.462 e. The SMILES string of the molecule is CCOC(=O)c1ccccc1OC1(F)OCC(NC(=O)C(C)(C)C)C(F)C1O. The summed E-state index contributed by atoms with van der Waals surface area (Å²) in [6, 6.07) is 1.09. The summed E-state index contributed by atoms with van der Waals surface area (Å²) in [7, 11) is 0. The van der Waals surface area contributed by atoms with Gasteiger partial charge in [-0.15, -0.1) is 0 Å². The standard InChI is InChI=1S/C19H25F2NO6/c1-5-26-16(24)11-8-6-7-9-13(11)28-19(21)15(23)14(20)12(10-27-19)22-17(25)18(2,3)4/h6-9,12,14-15,23H,5,10H2,1-4H3,(H,22,25). The van der Waals surface area contributed by atoms with Crippen LogP contribution >= 0.6 is 0 Å². The molecule has 0 bridgehead atoms. The van der Waals surface area contributed by atoms with Gasteiger partial charge in [0, 0.05) is 5.41 Å². The monoisotopic (exact) mass is 401 g/mol. The van der Waals surface area contributed by atoms with E-state index in [-0.39, 0.29) is 17.9 Å². The van der Waals surface area contributed by atoms with Crippen LogP contribution in [0.1, 0.15) is 38.1 Å². The Bertz CT molecular complexity index is 723. The normalized spacial score (nSPS) is 27.8. The van der Waals surface area contributed by atoms with E-state index in [9.17, 15) is 19.1 Å². The van der Waals surface area contributed by atoms with Crippen molar-refractivity contribution >= 4 is 11.9 Å². The first-order valence-corrected chi connectivity index (χ1v) is 8.90. The maximum atomic E-state index is 15.1. The van der Waals surface area contributed by atoms with Gasteiger partial charge in [0.1, 0.15) is 11.3 Å². The lowest BCUT2D eigenvalue weighted by molar-refractivity contribution is -0.349. The highest BCUT2D eigenvalue weighted by atomic mass is 19.2. The van der Waals surface area contributed by atoms with Crippen LogP contribution in [0, 0.1) is 5.41 Å². The topological polar surface area (TPSA) is 94.1 Å². The molecular formula is C19H25F2NO6. The van der Waals surface area contributed by atoms with Crippen LogP contribution in [0.5, 0.6) is 5.75 Å². The summed E-state index contributed by atoms with van der Waals surface area (Å²) in [6.45, 7) is 6.01. The van der Waals surface area contributed by atoms with Crippen molar-refractivity contribution in [1.29, 1.82) is 0 Å². The van der Waals surface area contributed by atoms with Crippen molar-refractivity contribution in [3.8, 4) is 5.75 Å². The first-order valence-electron chi connectivity index (χ1n) is 8.90. The number of hydrogen-bond donors (Lipinski definition) is 2. The number of ether oxygens (including phenoxy) is 3. The van der Waals surface area contributed by atoms with Crippen LogP contribution in [0.4, 0.5) is 8.78 Å². The minimum atomic E-state index is -3.25. The number of carbonyl (C=O) groups is 2. The molecule has 4 unspecified atom stereocenters. The fourth-order valence-electron chi connectivity index (χ4n) is 2.47.